The first-order valence-electron chi connectivity index (χ1n) is 10.8. The highest BCUT2D eigenvalue weighted by atomic mass is 35.5. The van der Waals surface area contributed by atoms with E-state index >= 15 is 0 Å². The van der Waals surface area contributed by atoms with Crippen molar-refractivity contribution in [2.24, 2.45) is 7.05 Å². The Hall–Kier alpha value is -3.33. The second kappa shape index (κ2) is 7.91. The van der Waals surface area contributed by atoms with Crippen LogP contribution in [0.2, 0.25) is 5.02 Å². The molecule has 0 radical (unpaired) electrons. The molecule has 170 valence electrons. The fourth-order valence-electron chi connectivity index (χ4n) is 4.39. The molecule has 0 amide bonds. The second-order valence-electron chi connectivity index (χ2n) is 8.80. The second-order valence-corrected chi connectivity index (χ2v) is 9.21. The van der Waals surface area contributed by atoms with Crippen molar-refractivity contribution in [3.05, 3.63) is 51.9 Å². The van der Waals surface area contributed by atoms with Gasteiger partial charge in [-0.1, -0.05) is 28.9 Å². The van der Waals surface area contributed by atoms with Crippen LogP contribution in [0.25, 0.3) is 22.8 Å². The lowest BCUT2D eigenvalue weighted by atomic mass is 9.82. The minimum absolute atomic E-state index is 0.0229. The number of fused-ring (bicyclic) bond motifs is 1. The molecule has 5 rings (SSSR count). The fourth-order valence-corrected chi connectivity index (χ4v) is 4.60. The third-order valence-electron chi connectivity index (χ3n) is 6.14. The lowest BCUT2D eigenvalue weighted by molar-refractivity contribution is 0.233. The SMILES string of the molecule is Cc1c(-c2noc(-c3cnc(OC(C)C)c(Cl)c3)n2)ccc2c1CC[C@]2(C)c1nnn(C)n1. The molecule has 1 aromatic carbocycles. The smallest absolute Gasteiger partial charge is 0.259 e. The fraction of sp³-hybridized carbons (Fsp3) is 0.391. The Morgan fingerprint density at radius 1 is 1.27 bits per heavy atom. The Kier molecular flexibility index (Phi) is 5.16. The molecule has 0 bridgehead atoms. The summed E-state index contributed by atoms with van der Waals surface area (Å²) in [6, 6.07) is 5.87. The highest BCUT2D eigenvalue weighted by Gasteiger charge is 2.40. The van der Waals surface area contributed by atoms with Crippen LogP contribution in [0.15, 0.2) is 28.9 Å². The van der Waals surface area contributed by atoms with Crippen LogP contribution in [0.1, 0.15) is 49.7 Å². The number of hydrogen-bond donors (Lipinski definition) is 0. The molecule has 0 fully saturated rings. The molecule has 3 aromatic heterocycles. The number of tetrazole rings is 1. The zero-order valence-corrected chi connectivity index (χ0v) is 19.9. The average molecular weight is 466 g/mol. The lowest BCUT2D eigenvalue weighted by Gasteiger charge is -2.21. The number of halogens is 1. The largest absolute Gasteiger partial charge is 0.474 e. The Bertz CT molecular complexity index is 1350. The first-order chi connectivity index (χ1) is 15.8. The number of nitrogens with zero attached hydrogens (tertiary/aromatic N) is 7. The van der Waals surface area contributed by atoms with Crippen molar-refractivity contribution in [2.75, 3.05) is 0 Å². The summed E-state index contributed by atoms with van der Waals surface area (Å²) in [7, 11) is 1.78. The van der Waals surface area contributed by atoms with Crippen molar-refractivity contribution in [1.82, 2.24) is 35.3 Å². The molecule has 10 heteroatoms. The third-order valence-corrected chi connectivity index (χ3v) is 6.41. The molecule has 0 spiro atoms. The molecular formula is C23H24ClN7O2. The van der Waals surface area contributed by atoms with Crippen LogP contribution < -0.4 is 4.74 Å². The monoisotopic (exact) mass is 465 g/mol. The summed E-state index contributed by atoms with van der Waals surface area (Å²) in [4.78, 5) is 10.4. The van der Waals surface area contributed by atoms with Crippen LogP contribution in [-0.4, -0.2) is 41.4 Å². The molecule has 1 aliphatic carbocycles. The first kappa shape index (κ1) is 21.5. The molecular weight excluding hydrogens is 442 g/mol. The highest BCUT2D eigenvalue weighted by molar-refractivity contribution is 6.32. The van der Waals surface area contributed by atoms with E-state index in [1.807, 2.05) is 19.9 Å². The van der Waals surface area contributed by atoms with Crippen molar-refractivity contribution in [3.63, 3.8) is 0 Å². The maximum Gasteiger partial charge on any atom is 0.259 e. The third kappa shape index (κ3) is 3.66. The van der Waals surface area contributed by atoms with Gasteiger partial charge in [0.2, 0.25) is 11.7 Å². The Morgan fingerprint density at radius 3 is 2.79 bits per heavy atom. The predicted molar refractivity (Wildman–Crippen MR) is 122 cm³/mol. The summed E-state index contributed by atoms with van der Waals surface area (Å²) in [6.45, 7) is 8.10. The molecule has 1 aliphatic rings. The van der Waals surface area contributed by atoms with Crippen LogP contribution in [0.3, 0.4) is 0 Å². The number of aromatic nitrogens is 7. The topological polar surface area (TPSA) is 105 Å². The van der Waals surface area contributed by atoms with E-state index in [9.17, 15) is 0 Å². The molecule has 0 saturated heterocycles. The van der Waals surface area contributed by atoms with Gasteiger partial charge in [0.25, 0.3) is 5.89 Å². The molecule has 3 heterocycles. The maximum absolute atomic E-state index is 6.32. The van der Waals surface area contributed by atoms with Gasteiger partial charge in [-0.3, -0.25) is 0 Å². The quantitative estimate of drug-likeness (QED) is 0.429. The van der Waals surface area contributed by atoms with Gasteiger partial charge in [-0.05, 0) is 68.5 Å². The summed E-state index contributed by atoms with van der Waals surface area (Å²) >= 11 is 6.32. The van der Waals surface area contributed by atoms with Crippen molar-refractivity contribution >= 4 is 11.6 Å². The summed E-state index contributed by atoms with van der Waals surface area (Å²) in [5.74, 6) is 2.00. The van der Waals surface area contributed by atoms with E-state index < -0.39 is 0 Å². The maximum atomic E-state index is 6.32. The van der Waals surface area contributed by atoms with Gasteiger partial charge in [-0.25, -0.2) is 4.98 Å². The van der Waals surface area contributed by atoms with E-state index in [4.69, 9.17) is 20.9 Å². The van der Waals surface area contributed by atoms with Gasteiger partial charge >= 0.3 is 0 Å². The number of pyridine rings is 1. The molecule has 9 nitrogen and oxygen atoms in total. The van der Waals surface area contributed by atoms with Crippen molar-refractivity contribution in [1.29, 1.82) is 0 Å². The van der Waals surface area contributed by atoms with Crippen LogP contribution in [0, 0.1) is 6.92 Å². The molecule has 33 heavy (non-hydrogen) atoms. The molecule has 1 atom stereocenters. The van der Waals surface area contributed by atoms with E-state index in [1.165, 1.54) is 15.9 Å². The van der Waals surface area contributed by atoms with Crippen molar-refractivity contribution in [2.45, 2.75) is 52.1 Å². The number of benzene rings is 1. The normalized spacial score (nSPS) is 17.5. The van der Waals surface area contributed by atoms with E-state index in [2.05, 4.69) is 50.4 Å². The lowest BCUT2D eigenvalue weighted by Crippen LogP contribution is -2.22. The predicted octanol–water partition coefficient (Wildman–Crippen LogP) is 4.32. The first-order valence-corrected chi connectivity index (χ1v) is 11.2. The standard InChI is InChI=1S/C23H24ClN7O2/c1-12(2)32-21-18(24)10-14(11-25-21)20-26-19(29-33-20)16-6-7-17-15(13(16)3)8-9-23(17,4)22-27-30-31(5)28-22/h6-7,10-12H,8-9H2,1-5H3/t23-/m0/s1. The summed E-state index contributed by atoms with van der Waals surface area (Å²) in [5, 5.41) is 17.4. The number of rotatable bonds is 5. The van der Waals surface area contributed by atoms with Gasteiger partial charge < -0.3 is 9.26 Å². The van der Waals surface area contributed by atoms with Gasteiger partial charge in [-0.2, -0.15) is 9.78 Å². The zero-order chi connectivity index (χ0) is 23.3. The van der Waals surface area contributed by atoms with Gasteiger partial charge in [0.15, 0.2) is 5.82 Å². The van der Waals surface area contributed by atoms with Gasteiger partial charge in [0, 0.05) is 11.8 Å². The van der Waals surface area contributed by atoms with Crippen LogP contribution >= 0.6 is 11.6 Å². The van der Waals surface area contributed by atoms with E-state index in [0.717, 1.165) is 29.8 Å². The molecule has 0 unspecified atom stereocenters. The van der Waals surface area contributed by atoms with Gasteiger partial charge in [-0.15, -0.1) is 10.2 Å². The summed E-state index contributed by atoms with van der Waals surface area (Å²) < 4.78 is 11.1. The minimum atomic E-state index is -0.266. The minimum Gasteiger partial charge on any atom is -0.474 e. The van der Waals surface area contributed by atoms with E-state index in [1.54, 1.807) is 19.3 Å². The van der Waals surface area contributed by atoms with Crippen LogP contribution in [0.5, 0.6) is 5.88 Å². The van der Waals surface area contributed by atoms with Crippen LogP contribution in [-0.2, 0) is 18.9 Å². The average Bonchev–Trinajstić information content (AvgIpc) is 3.50. The van der Waals surface area contributed by atoms with Gasteiger partial charge in [0.1, 0.15) is 5.02 Å². The number of ether oxygens (including phenoxy) is 1. The summed E-state index contributed by atoms with van der Waals surface area (Å²) in [6.07, 6.45) is 3.44. The van der Waals surface area contributed by atoms with Crippen molar-refractivity contribution < 1.29 is 9.26 Å². The van der Waals surface area contributed by atoms with Gasteiger partial charge in [0.05, 0.1) is 24.1 Å². The van der Waals surface area contributed by atoms with E-state index in [-0.39, 0.29) is 11.5 Å². The van der Waals surface area contributed by atoms with E-state index in [0.29, 0.717) is 28.2 Å². The highest BCUT2D eigenvalue weighted by Crippen LogP contribution is 2.45. The summed E-state index contributed by atoms with van der Waals surface area (Å²) in [5.41, 5.74) is 4.92. The Labute approximate surface area is 196 Å². The Balaban J connectivity index is 1.47. The molecule has 0 N–H and O–H groups in total. The van der Waals surface area contributed by atoms with Crippen molar-refractivity contribution in [3.8, 4) is 28.7 Å². The molecule has 4 aromatic rings. The number of hydrogen-bond acceptors (Lipinski definition) is 8. The zero-order valence-electron chi connectivity index (χ0n) is 19.1. The Morgan fingerprint density at radius 2 is 2.09 bits per heavy atom. The molecule has 0 saturated carbocycles. The number of aryl methyl sites for hydroxylation is 1. The van der Waals surface area contributed by atoms with Crippen LogP contribution in [0.4, 0.5) is 0 Å². The molecule has 0 aliphatic heterocycles.